The van der Waals surface area contributed by atoms with Crippen LogP contribution >= 0.6 is 15.9 Å². The van der Waals surface area contributed by atoms with Crippen LogP contribution in [0.3, 0.4) is 0 Å². The number of methoxy groups -OCH3 is 1. The highest BCUT2D eigenvalue weighted by Gasteiger charge is 2.18. The van der Waals surface area contributed by atoms with E-state index in [0.29, 0.717) is 13.2 Å². The second-order valence-corrected chi connectivity index (χ2v) is 4.98. The summed E-state index contributed by atoms with van der Waals surface area (Å²) in [7, 11) is 1.65. The molecule has 0 radical (unpaired) electrons. The van der Waals surface area contributed by atoms with E-state index in [9.17, 15) is 4.79 Å². The second kappa shape index (κ2) is 7.54. The van der Waals surface area contributed by atoms with E-state index in [4.69, 9.17) is 4.74 Å². The summed E-state index contributed by atoms with van der Waals surface area (Å²) in [6, 6.07) is 7.86. The molecule has 18 heavy (non-hydrogen) atoms. The molecule has 100 valence electrons. The Hall–Kier alpha value is -0.870. The first-order chi connectivity index (χ1) is 8.60. The number of alkyl halides is 1. The van der Waals surface area contributed by atoms with Crippen LogP contribution in [0.25, 0.3) is 0 Å². The van der Waals surface area contributed by atoms with Gasteiger partial charge in [0.2, 0.25) is 0 Å². The largest absolute Gasteiger partial charge is 0.383 e. The maximum atomic E-state index is 12.4. The Morgan fingerprint density at radius 2 is 1.94 bits per heavy atom. The lowest BCUT2D eigenvalue weighted by atomic mass is 10.1. The Kier molecular flexibility index (Phi) is 6.36. The molecule has 1 amide bonds. The first kappa shape index (κ1) is 15.2. The molecule has 4 heteroatoms. The van der Waals surface area contributed by atoms with Crippen LogP contribution in [0.15, 0.2) is 24.3 Å². The molecule has 0 saturated carbocycles. The van der Waals surface area contributed by atoms with Crippen molar-refractivity contribution < 1.29 is 9.53 Å². The number of amides is 1. The second-order valence-electron chi connectivity index (χ2n) is 4.42. The molecule has 0 aliphatic rings. The molecule has 0 unspecified atom stereocenters. The smallest absolute Gasteiger partial charge is 0.254 e. The van der Waals surface area contributed by atoms with Crippen LogP contribution in [-0.4, -0.2) is 37.1 Å². The molecule has 0 fully saturated rings. The highest BCUT2D eigenvalue weighted by Crippen LogP contribution is 2.12. The molecule has 0 heterocycles. The van der Waals surface area contributed by atoms with E-state index < -0.39 is 0 Å². The molecular formula is C14H20BrNO2. The van der Waals surface area contributed by atoms with Crippen molar-refractivity contribution in [1.82, 2.24) is 4.90 Å². The van der Waals surface area contributed by atoms with E-state index >= 15 is 0 Å². The number of hydrogen-bond acceptors (Lipinski definition) is 2. The van der Waals surface area contributed by atoms with Gasteiger partial charge in [-0.3, -0.25) is 4.79 Å². The van der Waals surface area contributed by atoms with Crippen molar-refractivity contribution >= 4 is 21.8 Å². The lowest BCUT2D eigenvalue weighted by Crippen LogP contribution is -2.39. The van der Waals surface area contributed by atoms with E-state index in [0.717, 1.165) is 10.9 Å². The topological polar surface area (TPSA) is 29.5 Å². The van der Waals surface area contributed by atoms with E-state index in [1.807, 2.05) is 43.0 Å². The summed E-state index contributed by atoms with van der Waals surface area (Å²) in [6.07, 6.45) is 0. The van der Waals surface area contributed by atoms with Crippen molar-refractivity contribution in [3.63, 3.8) is 0 Å². The summed E-state index contributed by atoms with van der Waals surface area (Å²) in [5.41, 5.74) is 1.89. The molecule has 0 atom stereocenters. The molecule has 0 aromatic heterocycles. The monoisotopic (exact) mass is 313 g/mol. The molecule has 1 aromatic carbocycles. The predicted octanol–water partition coefficient (Wildman–Crippen LogP) is 3.08. The molecule has 1 rings (SSSR count). The van der Waals surface area contributed by atoms with Crippen LogP contribution < -0.4 is 0 Å². The fourth-order valence-electron chi connectivity index (χ4n) is 1.69. The van der Waals surface area contributed by atoms with Gasteiger partial charge in [-0.1, -0.05) is 28.1 Å². The Balaban J connectivity index is 2.80. The summed E-state index contributed by atoms with van der Waals surface area (Å²) in [6.45, 7) is 5.21. The van der Waals surface area contributed by atoms with E-state index in [-0.39, 0.29) is 11.9 Å². The van der Waals surface area contributed by atoms with Gasteiger partial charge in [-0.25, -0.2) is 0 Å². The van der Waals surface area contributed by atoms with Gasteiger partial charge in [0.05, 0.1) is 6.61 Å². The number of carbonyl (C=O) groups excluding carboxylic acids is 1. The Morgan fingerprint density at radius 3 is 2.39 bits per heavy atom. The van der Waals surface area contributed by atoms with Gasteiger partial charge in [0, 0.05) is 30.6 Å². The third-order valence-electron chi connectivity index (χ3n) is 2.78. The number of nitrogens with zero attached hydrogens (tertiary/aromatic N) is 1. The fraction of sp³-hybridized carbons (Fsp3) is 0.500. The number of halogens is 1. The standard InChI is InChI=1S/C14H20BrNO2/c1-11(2)16(8-9-18-3)14(17)13-6-4-12(10-15)5-7-13/h4-7,11H,8-10H2,1-3H3. The van der Waals surface area contributed by atoms with Crippen molar-refractivity contribution in [3.8, 4) is 0 Å². The first-order valence-electron chi connectivity index (χ1n) is 6.05. The van der Waals surface area contributed by atoms with Crippen molar-refractivity contribution in [1.29, 1.82) is 0 Å². The highest BCUT2D eigenvalue weighted by atomic mass is 79.9. The van der Waals surface area contributed by atoms with Crippen molar-refractivity contribution in [2.45, 2.75) is 25.2 Å². The third kappa shape index (κ3) is 4.10. The van der Waals surface area contributed by atoms with E-state index in [1.165, 1.54) is 5.56 Å². The molecule has 0 bridgehead atoms. The summed E-state index contributed by atoms with van der Waals surface area (Å²) in [5, 5.41) is 0.805. The molecule has 3 nitrogen and oxygen atoms in total. The van der Waals surface area contributed by atoms with Crippen molar-refractivity contribution in [2.75, 3.05) is 20.3 Å². The minimum Gasteiger partial charge on any atom is -0.383 e. The first-order valence-corrected chi connectivity index (χ1v) is 7.17. The SMILES string of the molecule is COCCN(C(=O)c1ccc(CBr)cc1)C(C)C. The summed E-state index contributed by atoms with van der Waals surface area (Å²) < 4.78 is 5.04. The highest BCUT2D eigenvalue weighted by molar-refractivity contribution is 9.08. The lowest BCUT2D eigenvalue weighted by Gasteiger charge is -2.26. The van der Waals surface area contributed by atoms with Gasteiger partial charge in [-0.2, -0.15) is 0 Å². The van der Waals surface area contributed by atoms with Gasteiger partial charge in [0.1, 0.15) is 0 Å². The third-order valence-corrected chi connectivity index (χ3v) is 3.42. The zero-order chi connectivity index (χ0) is 13.5. The number of benzene rings is 1. The summed E-state index contributed by atoms with van der Waals surface area (Å²) in [4.78, 5) is 14.2. The Morgan fingerprint density at radius 1 is 1.33 bits per heavy atom. The van der Waals surface area contributed by atoms with Crippen LogP contribution in [0.4, 0.5) is 0 Å². The maximum Gasteiger partial charge on any atom is 0.254 e. The number of hydrogen-bond donors (Lipinski definition) is 0. The summed E-state index contributed by atoms with van der Waals surface area (Å²) >= 11 is 3.39. The zero-order valence-electron chi connectivity index (χ0n) is 11.1. The molecule has 0 spiro atoms. The average Bonchev–Trinajstić information content (AvgIpc) is 2.38. The quantitative estimate of drug-likeness (QED) is 0.755. The van der Waals surface area contributed by atoms with Gasteiger partial charge < -0.3 is 9.64 Å². The lowest BCUT2D eigenvalue weighted by molar-refractivity contribution is 0.0635. The Bertz CT molecular complexity index is 376. The van der Waals surface area contributed by atoms with Crippen molar-refractivity contribution in [3.05, 3.63) is 35.4 Å². The number of ether oxygens (including phenoxy) is 1. The van der Waals surface area contributed by atoms with Gasteiger partial charge in [0.25, 0.3) is 5.91 Å². The van der Waals surface area contributed by atoms with Gasteiger partial charge in [0.15, 0.2) is 0 Å². The van der Waals surface area contributed by atoms with Gasteiger partial charge in [-0.05, 0) is 31.5 Å². The predicted molar refractivity (Wildman–Crippen MR) is 77.1 cm³/mol. The normalized spacial score (nSPS) is 10.7. The number of rotatable bonds is 6. The molecule has 0 saturated heterocycles. The molecule has 1 aromatic rings. The van der Waals surface area contributed by atoms with Gasteiger partial charge in [-0.15, -0.1) is 0 Å². The Labute approximate surface area is 117 Å². The minimum atomic E-state index is 0.0585. The maximum absolute atomic E-state index is 12.4. The molecule has 0 aliphatic heterocycles. The number of carbonyl (C=O) groups is 1. The molecular weight excluding hydrogens is 294 g/mol. The van der Waals surface area contributed by atoms with Crippen LogP contribution in [0.1, 0.15) is 29.8 Å². The van der Waals surface area contributed by atoms with E-state index in [2.05, 4.69) is 15.9 Å². The van der Waals surface area contributed by atoms with Crippen LogP contribution in [-0.2, 0) is 10.1 Å². The minimum absolute atomic E-state index is 0.0585. The fourth-order valence-corrected chi connectivity index (χ4v) is 2.06. The molecule has 0 N–H and O–H groups in total. The van der Waals surface area contributed by atoms with Crippen molar-refractivity contribution in [2.24, 2.45) is 0 Å². The average molecular weight is 314 g/mol. The van der Waals surface area contributed by atoms with Crippen LogP contribution in [0, 0.1) is 0 Å². The van der Waals surface area contributed by atoms with Gasteiger partial charge >= 0.3 is 0 Å². The van der Waals surface area contributed by atoms with E-state index in [1.54, 1.807) is 7.11 Å². The zero-order valence-corrected chi connectivity index (χ0v) is 12.7. The van der Waals surface area contributed by atoms with Crippen LogP contribution in [0.2, 0.25) is 0 Å². The van der Waals surface area contributed by atoms with Crippen LogP contribution in [0.5, 0.6) is 0 Å². The molecule has 0 aliphatic carbocycles. The summed E-state index contributed by atoms with van der Waals surface area (Å²) in [5.74, 6) is 0.0585.